The number of piperazine rings is 1. The molecular formula is C7H10N4O2. The van der Waals surface area contributed by atoms with Crippen LogP contribution in [0, 0.1) is 0 Å². The van der Waals surface area contributed by atoms with Crippen molar-refractivity contribution in [2.24, 2.45) is 0 Å². The summed E-state index contributed by atoms with van der Waals surface area (Å²) >= 11 is 0. The first-order chi connectivity index (χ1) is 6.18. The molecular weight excluding hydrogens is 172 g/mol. The molecule has 3 fully saturated rings. The zero-order chi connectivity index (χ0) is 9.16. The summed E-state index contributed by atoms with van der Waals surface area (Å²) in [6.07, 6.45) is -0.319. The Hall–Kier alpha value is -1.46. The minimum absolute atomic E-state index is 0.0231. The summed E-state index contributed by atoms with van der Waals surface area (Å²) in [7, 11) is 0. The molecule has 2 N–H and O–H groups in total. The second kappa shape index (κ2) is 1.89. The lowest BCUT2D eigenvalue weighted by atomic mass is 10.2. The Morgan fingerprint density at radius 1 is 1.31 bits per heavy atom. The maximum atomic E-state index is 11.6. The zero-order valence-corrected chi connectivity index (χ0v) is 7.15. The molecule has 0 spiro atoms. The highest BCUT2D eigenvalue weighted by Gasteiger charge is 2.57. The number of hydrogen-bond donors (Lipinski definition) is 2. The minimum Gasteiger partial charge on any atom is -0.314 e. The molecule has 0 unspecified atom stereocenters. The number of hydrogen-bond acceptors (Lipinski definition) is 2. The van der Waals surface area contributed by atoms with E-state index < -0.39 is 0 Å². The molecule has 0 saturated carbocycles. The molecule has 3 aliphatic rings. The van der Waals surface area contributed by atoms with Gasteiger partial charge in [0, 0.05) is 6.54 Å². The van der Waals surface area contributed by atoms with Gasteiger partial charge in [-0.2, -0.15) is 0 Å². The molecule has 6 heteroatoms. The van der Waals surface area contributed by atoms with Crippen LogP contribution in [-0.2, 0) is 0 Å². The van der Waals surface area contributed by atoms with Crippen molar-refractivity contribution < 1.29 is 9.59 Å². The van der Waals surface area contributed by atoms with Crippen LogP contribution in [0.25, 0.3) is 0 Å². The Morgan fingerprint density at radius 3 is 2.77 bits per heavy atom. The average molecular weight is 182 g/mol. The normalized spacial score (nSPS) is 40.8. The fourth-order valence-electron chi connectivity index (χ4n) is 2.35. The highest BCUT2D eigenvalue weighted by atomic mass is 16.2. The average Bonchev–Trinajstić information content (AvgIpc) is 2.60. The van der Waals surface area contributed by atoms with Gasteiger partial charge in [-0.1, -0.05) is 0 Å². The summed E-state index contributed by atoms with van der Waals surface area (Å²) in [4.78, 5) is 26.0. The van der Waals surface area contributed by atoms with Gasteiger partial charge in [-0.3, -0.25) is 9.80 Å². The first-order valence-corrected chi connectivity index (χ1v) is 4.34. The molecule has 0 aliphatic carbocycles. The van der Waals surface area contributed by atoms with Crippen molar-refractivity contribution in [1.29, 1.82) is 0 Å². The standard InChI is InChI=1S/C7H10N4O2/c1-3-2-10-4-5(9-6(12)8-4)11(3)7(10)13/h3-5H,2H2,1H3,(H2,8,9,12)/t3-,4+,5+/m1/s1. The minimum atomic E-state index is -0.188. The molecule has 3 atom stereocenters. The van der Waals surface area contributed by atoms with E-state index in [4.69, 9.17) is 0 Å². The number of urea groups is 2. The van der Waals surface area contributed by atoms with Gasteiger partial charge >= 0.3 is 12.1 Å². The maximum Gasteiger partial charge on any atom is 0.323 e. The summed E-state index contributed by atoms with van der Waals surface area (Å²) in [5.41, 5.74) is 0. The molecule has 4 amide bonds. The quantitative estimate of drug-likeness (QED) is 0.509. The van der Waals surface area contributed by atoms with Crippen LogP contribution in [-0.4, -0.2) is 46.8 Å². The van der Waals surface area contributed by atoms with E-state index in [2.05, 4.69) is 10.6 Å². The van der Waals surface area contributed by atoms with Crippen LogP contribution in [0.4, 0.5) is 9.59 Å². The van der Waals surface area contributed by atoms with Crippen LogP contribution in [0.1, 0.15) is 6.92 Å². The molecule has 70 valence electrons. The topological polar surface area (TPSA) is 64.7 Å². The first kappa shape index (κ1) is 6.99. The van der Waals surface area contributed by atoms with E-state index in [1.54, 1.807) is 9.80 Å². The monoisotopic (exact) mass is 182 g/mol. The van der Waals surface area contributed by atoms with Gasteiger partial charge in [-0.15, -0.1) is 0 Å². The Balaban J connectivity index is 1.98. The van der Waals surface area contributed by atoms with E-state index in [9.17, 15) is 9.59 Å². The van der Waals surface area contributed by atoms with E-state index in [0.717, 1.165) is 0 Å². The lowest BCUT2D eigenvalue weighted by Crippen LogP contribution is -2.52. The number of rotatable bonds is 0. The smallest absolute Gasteiger partial charge is 0.314 e. The number of nitrogens with one attached hydrogen (secondary N) is 2. The summed E-state index contributed by atoms with van der Waals surface area (Å²) in [6, 6.07) is 0.0375. The van der Waals surface area contributed by atoms with Crippen LogP contribution in [0.5, 0.6) is 0 Å². The molecule has 0 aromatic carbocycles. The molecule has 3 saturated heterocycles. The van der Waals surface area contributed by atoms with E-state index in [-0.39, 0.29) is 30.4 Å². The van der Waals surface area contributed by atoms with Gasteiger partial charge in [0.1, 0.15) is 12.3 Å². The van der Waals surface area contributed by atoms with Crippen molar-refractivity contribution >= 4 is 12.1 Å². The lowest BCUT2D eigenvalue weighted by Gasteiger charge is -2.29. The van der Waals surface area contributed by atoms with Gasteiger partial charge in [-0.05, 0) is 6.92 Å². The molecule has 6 nitrogen and oxygen atoms in total. The second-order valence-corrected chi connectivity index (χ2v) is 3.70. The molecule has 0 radical (unpaired) electrons. The molecule has 13 heavy (non-hydrogen) atoms. The number of carbonyl (C=O) groups is 2. The van der Waals surface area contributed by atoms with Gasteiger partial charge < -0.3 is 10.6 Å². The molecule has 3 rings (SSSR count). The molecule has 3 aliphatic heterocycles. The molecule has 0 aromatic heterocycles. The van der Waals surface area contributed by atoms with Crippen LogP contribution < -0.4 is 10.6 Å². The maximum absolute atomic E-state index is 11.6. The van der Waals surface area contributed by atoms with Gasteiger partial charge in [-0.25, -0.2) is 9.59 Å². The Morgan fingerprint density at radius 2 is 2.00 bits per heavy atom. The van der Waals surface area contributed by atoms with Crippen molar-refractivity contribution in [3.05, 3.63) is 0 Å². The number of nitrogens with zero attached hydrogens (tertiary/aromatic N) is 2. The Bertz CT molecular complexity index is 305. The summed E-state index contributed by atoms with van der Waals surface area (Å²) < 4.78 is 0. The third-order valence-electron chi connectivity index (χ3n) is 2.89. The zero-order valence-electron chi connectivity index (χ0n) is 7.15. The van der Waals surface area contributed by atoms with Gasteiger partial charge in [0.05, 0.1) is 6.04 Å². The van der Waals surface area contributed by atoms with Crippen molar-refractivity contribution in [2.45, 2.75) is 25.3 Å². The third kappa shape index (κ3) is 0.644. The SMILES string of the molecule is C[C@@H]1CN2C(=O)N1[C@@H]1NC(=O)N[C@H]12. The Kier molecular flexibility index (Phi) is 1.02. The predicted molar refractivity (Wildman–Crippen MR) is 42.6 cm³/mol. The second-order valence-electron chi connectivity index (χ2n) is 3.70. The largest absolute Gasteiger partial charge is 0.323 e. The number of carbonyl (C=O) groups excluding carboxylic acids is 2. The molecule has 3 heterocycles. The van der Waals surface area contributed by atoms with Crippen LogP contribution in [0.3, 0.4) is 0 Å². The van der Waals surface area contributed by atoms with E-state index >= 15 is 0 Å². The van der Waals surface area contributed by atoms with Crippen molar-refractivity contribution in [1.82, 2.24) is 20.4 Å². The fraction of sp³-hybridized carbons (Fsp3) is 0.714. The van der Waals surface area contributed by atoms with E-state index in [1.165, 1.54) is 0 Å². The highest BCUT2D eigenvalue weighted by molar-refractivity contribution is 5.86. The van der Waals surface area contributed by atoms with Crippen molar-refractivity contribution in [2.75, 3.05) is 6.54 Å². The first-order valence-electron chi connectivity index (χ1n) is 4.34. The third-order valence-corrected chi connectivity index (χ3v) is 2.89. The van der Waals surface area contributed by atoms with E-state index in [0.29, 0.717) is 6.54 Å². The van der Waals surface area contributed by atoms with Crippen molar-refractivity contribution in [3.8, 4) is 0 Å². The van der Waals surface area contributed by atoms with Crippen molar-refractivity contribution in [3.63, 3.8) is 0 Å². The fourth-order valence-corrected chi connectivity index (χ4v) is 2.35. The molecule has 0 aromatic rings. The van der Waals surface area contributed by atoms with Crippen LogP contribution in [0.2, 0.25) is 0 Å². The number of fused-ring (bicyclic) bond motifs is 5. The Labute approximate surface area is 74.9 Å². The van der Waals surface area contributed by atoms with E-state index in [1.807, 2.05) is 6.92 Å². The lowest BCUT2D eigenvalue weighted by molar-refractivity contribution is 0.161. The van der Waals surface area contributed by atoms with Gasteiger partial charge in [0.25, 0.3) is 0 Å². The highest BCUT2D eigenvalue weighted by Crippen LogP contribution is 2.31. The van der Waals surface area contributed by atoms with Crippen LogP contribution >= 0.6 is 0 Å². The summed E-state index contributed by atoms with van der Waals surface area (Å²) in [6.45, 7) is 2.69. The summed E-state index contributed by atoms with van der Waals surface area (Å²) in [5.74, 6) is 0. The molecule has 2 bridgehead atoms. The van der Waals surface area contributed by atoms with Gasteiger partial charge in [0.2, 0.25) is 0 Å². The van der Waals surface area contributed by atoms with Gasteiger partial charge in [0.15, 0.2) is 0 Å². The van der Waals surface area contributed by atoms with Crippen LogP contribution in [0.15, 0.2) is 0 Å². The number of amides is 4. The predicted octanol–water partition coefficient (Wildman–Crippen LogP) is -0.909. The summed E-state index contributed by atoms with van der Waals surface area (Å²) in [5, 5.41) is 5.43.